The molecule has 3 rings (SSSR count). The monoisotopic (exact) mass is 320 g/mol. The molecule has 1 amide bonds. The molecule has 1 N–H and O–H groups in total. The van der Waals surface area contributed by atoms with Gasteiger partial charge in [-0.3, -0.25) is 4.79 Å². The molecule has 120 valence electrons. The summed E-state index contributed by atoms with van der Waals surface area (Å²) in [6.45, 7) is 1.98. The van der Waals surface area contributed by atoms with Crippen LogP contribution < -0.4 is 5.32 Å². The average Bonchev–Trinajstić information content (AvgIpc) is 2.59. The zero-order valence-corrected chi connectivity index (χ0v) is 12.1. The molecule has 0 spiro atoms. The Labute approximate surface area is 131 Å². The second kappa shape index (κ2) is 6.66. The first kappa shape index (κ1) is 15.3. The molecule has 0 radical (unpaired) electrons. The lowest BCUT2D eigenvalue weighted by atomic mass is 10.3. The second-order valence-electron chi connectivity index (χ2n) is 4.93. The number of rotatable bonds is 3. The summed E-state index contributed by atoms with van der Waals surface area (Å²) in [6, 6.07) is 6.45. The van der Waals surface area contributed by atoms with E-state index in [2.05, 4.69) is 15.5 Å². The number of carbonyl (C=O) groups excluding carboxylic acids is 1. The Morgan fingerprint density at radius 2 is 1.78 bits per heavy atom. The fraction of sp³-hybridized carbons (Fsp3) is 0.267. The van der Waals surface area contributed by atoms with Gasteiger partial charge in [0.1, 0.15) is 17.3 Å². The highest BCUT2D eigenvalue weighted by molar-refractivity contribution is 5.92. The highest BCUT2D eigenvalue weighted by Crippen LogP contribution is 2.21. The zero-order valence-electron chi connectivity index (χ0n) is 12.1. The number of morpholine rings is 1. The van der Waals surface area contributed by atoms with Gasteiger partial charge in [0, 0.05) is 13.1 Å². The molecule has 0 saturated carbocycles. The normalized spacial score (nSPS) is 14.6. The van der Waals surface area contributed by atoms with Gasteiger partial charge in [0.25, 0.3) is 5.91 Å². The third kappa shape index (κ3) is 3.42. The van der Waals surface area contributed by atoms with Crippen molar-refractivity contribution in [3.63, 3.8) is 0 Å². The van der Waals surface area contributed by atoms with Crippen LogP contribution >= 0.6 is 0 Å². The highest BCUT2D eigenvalue weighted by atomic mass is 19.1. The fourth-order valence-corrected chi connectivity index (χ4v) is 2.19. The van der Waals surface area contributed by atoms with Crippen molar-refractivity contribution in [2.24, 2.45) is 0 Å². The number of halogens is 2. The summed E-state index contributed by atoms with van der Waals surface area (Å²) >= 11 is 0. The number of nitrogens with zero attached hydrogens (tertiary/aromatic N) is 3. The van der Waals surface area contributed by atoms with E-state index in [-0.39, 0.29) is 23.1 Å². The maximum atomic E-state index is 13.6. The van der Waals surface area contributed by atoms with Crippen LogP contribution in [-0.4, -0.2) is 47.3 Å². The molecule has 0 bridgehead atoms. The van der Waals surface area contributed by atoms with Crippen molar-refractivity contribution in [3.8, 4) is 0 Å². The Balaban J connectivity index is 1.73. The zero-order chi connectivity index (χ0) is 16.2. The summed E-state index contributed by atoms with van der Waals surface area (Å²) in [6.07, 6.45) is 0. The van der Waals surface area contributed by atoms with Crippen molar-refractivity contribution in [1.29, 1.82) is 0 Å². The SMILES string of the molecule is O=C(c1ccc(Nc2c(F)cccc2F)nn1)N1CCOCC1. The molecule has 1 aromatic heterocycles. The average molecular weight is 320 g/mol. The number of para-hydroxylation sites is 1. The van der Waals surface area contributed by atoms with E-state index in [9.17, 15) is 13.6 Å². The van der Waals surface area contributed by atoms with E-state index in [0.717, 1.165) is 12.1 Å². The van der Waals surface area contributed by atoms with Gasteiger partial charge in [-0.1, -0.05) is 6.07 Å². The van der Waals surface area contributed by atoms with Gasteiger partial charge in [0.15, 0.2) is 11.5 Å². The van der Waals surface area contributed by atoms with Crippen molar-refractivity contribution >= 4 is 17.4 Å². The minimum atomic E-state index is -0.736. The van der Waals surface area contributed by atoms with Crippen LogP contribution in [0.1, 0.15) is 10.5 Å². The molecule has 0 aliphatic carbocycles. The minimum absolute atomic E-state index is 0.146. The molecule has 6 nitrogen and oxygen atoms in total. The van der Waals surface area contributed by atoms with Crippen molar-refractivity contribution in [1.82, 2.24) is 15.1 Å². The van der Waals surface area contributed by atoms with Gasteiger partial charge in [-0.05, 0) is 24.3 Å². The molecule has 1 fully saturated rings. The van der Waals surface area contributed by atoms with E-state index in [4.69, 9.17) is 4.74 Å². The molecule has 1 saturated heterocycles. The molecule has 2 aromatic rings. The van der Waals surface area contributed by atoms with Crippen LogP contribution in [0.15, 0.2) is 30.3 Å². The molecule has 0 atom stereocenters. The summed E-state index contributed by atoms with van der Waals surface area (Å²) in [4.78, 5) is 13.8. The van der Waals surface area contributed by atoms with Gasteiger partial charge >= 0.3 is 0 Å². The lowest BCUT2D eigenvalue weighted by molar-refractivity contribution is 0.0298. The van der Waals surface area contributed by atoms with Crippen LogP contribution in [0.3, 0.4) is 0 Å². The Kier molecular flexibility index (Phi) is 4.42. The first-order chi connectivity index (χ1) is 11.1. The summed E-state index contributed by atoms with van der Waals surface area (Å²) < 4.78 is 32.3. The molecular weight excluding hydrogens is 306 g/mol. The highest BCUT2D eigenvalue weighted by Gasteiger charge is 2.20. The van der Waals surface area contributed by atoms with Gasteiger partial charge < -0.3 is 15.0 Å². The molecule has 0 unspecified atom stereocenters. The predicted octanol–water partition coefficient (Wildman–Crippen LogP) is 1.97. The van der Waals surface area contributed by atoms with Crippen molar-refractivity contribution in [2.45, 2.75) is 0 Å². The number of carbonyl (C=O) groups is 1. The number of ether oxygens (including phenoxy) is 1. The van der Waals surface area contributed by atoms with E-state index in [1.165, 1.54) is 18.2 Å². The standard InChI is InChI=1S/C15H14F2N4O2/c16-10-2-1-3-11(17)14(10)18-13-5-4-12(19-20-13)15(22)21-6-8-23-9-7-21/h1-5H,6-9H2,(H,18,20). The predicted molar refractivity (Wildman–Crippen MR) is 78.4 cm³/mol. The Hall–Kier alpha value is -2.61. The summed E-state index contributed by atoms with van der Waals surface area (Å²) in [5.41, 5.74) is -0.138. The maximum Gasteiger partial charge on any atom is 0.274 e. The Morgan fingerprint density at radius 1 is 1.09 bits per heavy atom. The number of anilines is 2. The van der Waals surface area contributed by atoms with Crippen LogP contribution in [0.25, 0.3) is 0 Å². The first-order valence-corrected chi connectivity index (χ1v) is 7.07. The minimum Gasteiger partial charge on any atom is -0.378 e. The fourth-order valence-electron chi connectivity index (χ4n) is 2.19. The van der Waals surface area contributed by atoms with Gasteiger partial charge in [-0.2, -0.15) is 0 Å². The van der Waals surface area contributed by atoms with Crippen molar-refractivity contribution in [3.05, 3.63) is 47.7 Å². The smallest absolute Gasteiger partial charge is 0.274 e. The van der Waals surface area contributed by atoms with Crippen LogP contribution in [0.2, 0.25) is 0 Å². The quantitative estimate of drug-likeness (QED) is 0.936. The van der Waals surface area contributed by atoms with Crippen LogP contribution in [0.5, 0.6) is 0 Å². The third-order valence-corrected chi connectivity index (χ3v) is 3.40. The number of hydrogen-bond donors (Lipinski definition) is 1. The maximum absolute atomic E-state index is 13.6. The van der Waals surface area contributed by atoms with E-state index >= 15 is 0 Å². The van der Waals surface area contributed by atoms with Gasteiger partial charge in [-0.15, -0.1) is 10.2 Å². The molecule has 2 heterocycles. The summed E-state index contributed by atoms with van der Waals surface area (Å²) in [5, 5.41) is 10.1. The second-order valence-corrected chi connectivity index (χ2v) is 4.93. The van der Waals surface area contributed by atoms with E-state index in [1.54, 1.807) is 4.90 Å². The molecule has 1 aromatic carbocycles. The summed E-state index contributed by atoms with van der Waals surface area (Å²) in [5.74, 6) is -1.57. The Morgan fingerprint density at radius 3 is 2.39 bits per heavy atom. The number of hydrogen-bond acceptors (Lipinski definition) is 5. The molecule has 8 heteroatoms. The Bertz CT molecular complexity index is 683. The number of aromatic nitrogens is 2. The number of amides is 1. The van der Waals surface area contributed by atoms with E-state index in [0.29, 0.717) is 26.3 Å². The van der Waals surface area contributed by atoms with Crippen molar-refractivity contribution < 1.29 is 18.3 Å². The third-order valence-electron chi connectivity index (χ3n) is 3.40. The largest absolute Gasteiger partial charge is 0.378 e. The summed E-state index contributed by atoms with van der Waals surface area (Å²) in [7, 11) is 0. The lowest BCUT2D eigenvalue weighted by Crippen LogP contribution is -2.41. The molecule has 23 heavy (non-hydrogen) atoms. The van der Waals surface area contributed by atoms with Gasteiger partial charge in [-0.25, -0.2) is 8.78 Å². The number of benzene rings is 1. The van der Waals surface area contributed by atoms with Crippen molar-refractivity contribution in [2.75, 3.05) is 31.6 Å². The van der Waals surface area contributed by atoms with Crippen LogP contribution in [0, 0.1) is 11.6 Å². The van der Waals surface area contributed by atoms with Crippen LogP contribution in [0.4, 0.5) is 20.3 Å². The molecule has 1 aliphatic rings. The first-order valence-electron chi connectivity index (χ1n) is 7.07. The lowest BCUT2D eigenvalue weighted by Gasteiger charge is -2.26. The van der Waals surface area contributed by atoms with E-state index < -0.39 is 11.6 Å². The van der Waals surface area contributed by atoms with Gasteiger partial charge in [0.05, 0.1) is 13.2 Å². The van der Waals surface area contributed by atoms with Crippen LogP contribution in [-0.2, 0) is 4.74 Å². The number of nitrogens with one attached hydrogen (secondary N) is 1. The molecular formula is C15H14F2N4O2. The van der Waals surface area contributed by atoms with E-state index in [1.807, 2.05) is 0 Å². The van der Waals surface area contributed by atoms with Gasteiger partial charge in [0.2, 0.25) is 0 Å². The molecule has 1 aliphatic heterocycles. The topological polar surface area (TPSA) is 67.4 Å².